The molecule has 2 aromatic heterocycles. The molecular weight excluding hydrogens is 342 g/mol. The third-order valence-electron chi connectivity index (χ3n) is 3.01. The van der Waals surface area contributed by atoms with Crippen LogP contribution in [0.25, 0.3) is 11.0 Å². The molecule has 0 bridgehead atoms. The smallest absolute Gasteiger partial charge is 0.242 e. The summed E-state index contributed by atoms with van der Waals surface area (Å²) in [4.78, 5) is 4.30. The predicted molar refractivity (Wildman–Crippen MR) is 87.5 cm³/mol. The van der Waals surface area contributed by atoms with Crippen LogP contribution < -0.4 is 10.5 Å². The molecule has 2 heterocycles. The predicted octanol–water partition coefficient (Wildman–Crippen LogP) is 1.64. The highest BCUT2D eigenvalue weighted by Gasteiger charge is 2.18. The molecule has 0 radical (unpaired) electrons. The van der Waals surface area contributed by atoms with Gasteiger partial charge in [0.25, 0.3) is 0 Å². The monoisotopic (exact) mass is 355 g/mol. The molecule has 0 fully saturated rings. The molecule has 0 amide bonds. The van der Waals surface area contributed by atoms with E-state index in [4.69, 9.17) is 5.73 Å². The van der Waals surface area contributed by atoms with E-state index in [0.29, 0.717) is 35.6 Å². The number of hydrogen-bond acceptors (Lipinski definition) is 8. The largest absolute Gasteiger partial charge is 0.375 e. The van der Waals surface area contributed by atoms with Crippen molar-refractivity contribution >= 4 is 49.3 Å². The second-order valence-electron chi connectivity index (χ2n) is 4.57. The number of fused-ring (bicyclic) bond motifs is 1. The van der Waals surface area contributed by atoms with Crippen molar-refractivity contribution in [3.05, 3.63) is 29.3 Å². The topological polar surface area (TPSA) is 111 Å². The summed E-state index contributed by atoms with van der Waals surface area (Å²) in [5.41, 5.74) is 7.43. The van der Waals surface area contributed by atoms with Crippen molar-refractivity contribution in [1.29, 1.82) is 0 Å². The van der Waals surface area contributed by atoms with Crippen LogP contribution in [0.5, 0.6) is 0 Å². The Balaban J connectivity index is 1.65. The molecule has 22 heavy (non-hydrogen) atoms. The van der Waals surface area contributed by atoms with E-state index in [9.17, 15) is 8.42 Å². The van der Waals surface area contributed by atoms with Gasteiger partial charge < -0.3 is 5.73 Å². The Morgan fingerprint density at radius 2 is 2.14 bits per heavy atom. The molecule has 10 heteroatoms. The SMILES string of the molecule is Nc1nc(CCCNS(=O)(=O)c2cccc3nsnc23)cs1. The van der Waals surface area contributed by atoms with Gasteiger partial charge in [-0.1, -0.05) is 6.07 Å². The van der Waals surface area contributed by atoms with E-state index in [1.54, 1.807) is 12.1 Å². The van der Waals surface area contributed by atoms with E-state index in [1.165, 1.54) is 17.4 Å². The minimum atomic E-state index is -3.59. The normalized spacial score (nSPS) is 12.0. The number of nitrogen functional groups attached to an aromatic ring is 1. The fraction of sp³-hybridized carbons (Fsp3) is 0.250. The lowest BCUT2D eigenvalue weighted by Gasteiger charge is -2.06. The summed E-state index contributed by atoms with van der Waals surface area (Å²) in [6.45, 7) is 0.327. The van der Waals surface area contributed by atoms with Gasteiger partial charge in [0.1, 0.15) is 15.9 Å². The summed E-state index contributed by atoms with van der Waals surface area (Å²) in [7, 11) is -3.59. The van der Waals surface area contributed by atoms with Crippen LogP contribution in [0, 0.1) is 0 Å². The number of anilines is 1. The van der Waals surface area contributed by atoms with Crippen molar-refractivity contribution in [3.8, 4) is 0 Å². The van der Waals surface area contributed by atoms with Crippen LogP contribution in [-0.2, 0) is 16.4 Å². The summed E-state index contributed by atoms with van der Waals surface area (Å²) < 4.78 is 35.4. The Morgan fingerprint density at radius 3 is 2.91 bits per heavy atom. The molecule has 0 atom stereocenters. The van der Waals surface area contributed by atoms with Crippen LogP contribution in [-0.4, -0.2) is 28.7 Å². The average Bonchev–Trinajstić information content (AvgIpc) is 3.11. The molecule has 116 valence electrons. The maximum atomic E-state index is 12.4. The number of nitrogens with one attached hydrogen (secondary N) is 1. The summed E-state index contributed by atoms with van der Waals surface area (Å²) in [5, 5.41) is 2.41. The summed E-state index contributed by atoms with van der Waals surface area (Å²) >= 11 is 2.38. The summed E-state index contributed by atoms with van der Waals surface area (Å²) in [6, 6.07) is 4.94. The average molecular weight is 355 g/mol. The van der Waals surface area contributed by atoms with Crippen molar-refractivity contribution in [2.75, 3.05) is 12.3 Å². The zero-order chi connectivity index (χ0) is 15.6. The zero-order valence-corrected chi connectivity index (χ0v) is 13.8. The van der Waals surface area contributed by atoms with Crippen LogP contribution in [0.1, 0.15) is 12.1 Å². The molecule has 0 unspecified atom stereocenters. The number of sulfonamides is 1. The van der Waals surface area contributed by atoms with Crippen LogP contribution in [0.2, 0.25) is 0 Å². The number of nitrogens with zero attached hydrogens (tertiary/aromatic N) is 3. The Morgan fingerprint density at radius 1 is 1.27 bits per heavy atom. The molecular formula is C12H13N5O2S3. The van der Waals surface area contributed by atoms with Gasteiger partial charge in [0.05, 0.1) is 17.4 Å². The van der Waals surface area contributed by atoms with Gasteiger partial charge in [-0.25, -0.2) is 18.1 Å². The summed E-state index contributed by atoms with van der Waals surface area (Å²) in [5.74, 6) is 0. The van der Waals surface area contributed by atoms with Gasteiger partial charge in [-0.05, 0) is 25.0 Å². The standard InChI is InChI=1S/C12H13N5O2S3/c13-12-15-8(7-20-12)3-2-6-14-22(18,19)10-5-1-4-9-11(10)17-21-16-9/h1,4-5,7,14H,2-3,6H2,(H2,13,15). The van der Waals surface area contributed by atoms with Gasteiger partial charge in [-0.3, -0.25) is 0 Å². The first kappa shape index (κ1) is 15.3. The first-order valence-electron chi connectivity index (χ1n) is 6.47. The number of hydrogen-bond donors (Lipinski definition) is 2. The quantitative estimate of drug-likeness (QED) is 0.650. The van der Waals surface area contributed by atoms with Gasteiger partial charge >= 0.3 is 0 Å². The minimum absolute atomic E-state index is 0.164. The number of benzene rings is 1. The van der Waals surface area contributed by atoms with Gasteiger partial charge in [0.2, 0.25) is 10.0 Å². The lowest BCUT2D eigenvalue weighted by atomic mass is 10.2. The second kappa shape index (κ2) is 6.24. The molecule has 0 saturated carbocycles. The fourth-order valence-corrected chi connectivity index (χ4v) is 4.43. The molecule has 0 aliphatic rings. The highest BCUT2D eigenvalue weighted by atomic mass is 32.2. The Bertz CT molecular complexity index is 887. The van der Waals surface area contributed by atoms with Gasteiger partial charge in [-0.2, -0.15) is 8.75 Å². The van der Waals surface area contributed by atoms with E-state index in [-0.39, 0.29) is 4.90 Å². The van der Waals surface area contributed by atoms with Crippen LogP contribution in [0.4, 0.5) is 5.13 Å². The molecule has 3 aromatic rings. The fourth-order valence-electron chi connectivity index (χ4n) is 1.99. The third kappa shape index (κ3) is 3.24. The van der Waals surface area contributed by atoms with Crippen molar-refractivity contribution in [2.45, 2.75) is 17.7 Å². The van der Waals surface area contributed by atoms with E-state index in [0.717, 1.165) is 17.4 Å². The number of rotatable bonds is 6. The maximum Gasteiger partial charge on any atom is 0.242 e. The second-order valence-corrected chi connectivity index (χ2v) is 7.72. The molecule has 7 nitrogen and oxygen atoms in total. The maximum absolute atomic E-state index is 12.4. The first-order valence-corrected chi connectivity index (χ1v) is 9.56. The third-order valence-corrected chi connectivity index (χ3v) is 5.77. The first-order chi connectivity index (χ1) is 10.6. The lowest BCUT2D eigenvalue weighted by molar-refractivity contribution is 0.579. The molecule has 3 N–H and O–H groups in total. The molecule has 0 spiro atoms. The molecule has 1 aromatic carbocycles. The highest BCUT2D eigenvalue weighted by Crippen LogP contribution is 2.20. The Kier molecular flexibility index (Phi) is 4.34. The van der Waals surface area contributed by atoms with E-state index in [1.807, 2.05) is 5.38 Å². The number of aryl methyl sites for hydroxylation is 1. The highest BCUT2D eigenvalue weighted by molar-refractivity contribution is 7.89. The summed E-state index contributed by atoms with van der Waals surface area (Å²) in [6.07, 6.45) is 1.33. The van der Waals surface area contributed by atoms with Crippen molar-refractivity contribution in [2.24, 2.45) is 0 Å². The van der Waals surface area contributed by atoms with Crippen LogP contribution >= 0.6 is 23.1 Å². The number of aromatic nitrogens is 3. The molecule has 0 aliphatic heterocycles. The Hall–Kier alpha value is -1.62. The Labute approximate surface area is 135 Å². The van der Waals surface area contributed by atoms with Gasteiger partial charge in [0, 0.05) is 11.9 Å². The van der Waals surface area contributed by atoms with E-state index in [2.05, 4.69) is 18.5 Å². The molecule has 3 rings (SSSR count). The zero-order valence-electron chi connectivity index (χ0n) is 11.4. The van der Waals surface area contributed by atoms with E-state index < -0.39 is 10.0 Å². The number of nitrogens with two attached hydrogens (primary N) is 1. The van der Waals surface area contributed by atoms with E-state index >= 15 is 0 Å². The number of thiazole rings is 1. The van der Waals surface area contributed by atoms with Crippen LogP contribution in [0.15, 0.2) is 28.5 Å². The van der Waals surface area contributed by atoms with Crippen molar-refractivity contribution in [3.63, 3.8) is 0 Å². The minimum Gasteiger partial charge on any atom is -0.375 e. The lowest BCUT2D eigenvalue weighted by Crippen LogP contribution is -2.25. The molecule has 0 saturated heterocycles. The molecule has 0 aliphatic carbocycles. The van der Waals surface area contributed by atoms with Gasteiger partial charge in [0.15, 0.2) is 5.13 Å². The van der Waals surface area contributed by atoms with Gasteiger partial charge in [-0.15, -0.1) is 11.3 Å². The van der Waals surface area contributed by atoms with Crippen LogP contribution in [0.3, 0.4) is 0 Å². The van der Waals surface area contributed by atoms with Crippen molar-refractivity contribution in [1.82, 2.24) is 18.5 Å². The van der Waals surface area contributed by atoms with Crippen molar-refractivity contribution < 1.29 is 8.42 Å².